The highest BCUT2D eigenvalue weighted by atomic mass is 32.2. The summed E-state index contributed by atoms with van der Waals surface area (Å²) in [5.74, 6) is 0.208. The summed E-state index contributed by atoms with van der Waals surface area (Å²) < 4.78 is 42.6. The number of nitrogens with zero attached hydrogens (tertiary/aromatic N) is 6. The molecule has 1 aliphatic heterocycles. The number of amides is 3. The highest BCUT2D eigenvalue weighted by molar-refractivity contribution is 8.15. The number of carbonyl (C=O) groups excluding carboxylic acids is 2. The van der Waals surface area contributed by atoms with Crippen LogP contribution in [0.3, 0.4) is 0 Å². The maximum Gasteiger partial charge on any atom is 0.573 e. The normalized spacial score (nSPS) is 14.7. The predicted octanol–water partition coefficient (Wildman–Crippen LogP) is 6.44. The number of aryl methyl sites for hydroxylation is 1. The van der Waals surface area contributed by atoms with Gasteiger partial charge in [-0.3, -0.25) is 9.69 Å². The molecular weight excluding hydrogens is 595 g/mol. The van der Waals surface area contributed by atoms with E-state index in [9.17, 15) is 22.8 Å². The van der Waals surface area contributed by atoms with Crippen molar-refractivity contribution in [2.75, 3.05) is 10.7 Å². The zero-order chi connectivity index (χ0) is 31.4. The minimum absolute atomic E-state index is 0.156. The van der Waals surface area contributed by atoms with Crippen LogP contribution in [-0.4, -0.2) is 50.2 Å². The number of hydrazone groups is 1. The topological polar surface area (TPSA) is 114 Å². The van der Waals surface area contributed by atoms with Crippen molar-refractivity contribution in [3.05, 3.63) is 89.7 Å². The Bertz CT molecular complexity index is 1750. The second-order valence-corrected chi connectivity index (χ2v) is 10.9. The first-order valence-electron chi connectivity index (χ1n) is 13.3. The van der Waals surface area contributed by atoms with E-state index in [1.807, 2.05) is 39.0 Å². The molecule has 0 atom stereocenters. The van der Waals surface area contributed by atoms with Crippen LogP contribution >= 0.6 is 11.8 Å². The SMILES string of the molecule is Cc1ccc(N2C(=O)CS/C2=N\C(=O)N/N=C/c2cccc(-c3ncn(-c4ccc(OC(F)(F)F)cc4)n3)c2)c(C(C)C)c1. The number of thioether (sulfide) groups is 1. The maximum absolute atomic E-state index is 12.7. The molecule has 0 radical (unpaired) electrons. The molecule has 0 aliphatic carbocycles. The fourth-order valence-corrected chi connectivity index (χ4v) is 5.23. The van der Waals surface area contributed by atoms with Crippen LogP contribution in [-0.2, 0) is 4.79 Å². The van der Waals surface area contributed by atoms with Crippen LogP contribution in [0.15, 0.2) is 83.2 Å². The summed E-state index contributed by atoms with van der Waals surface area (Å²) in [4.78, 5) is 35.2. The molecule has 14 heteroatoms. The van der Waals surface area contributed by atoms with Gasteiger partial charge < -0.3 is 4.74 Å². The summed E-state index contributed by atoms with van der Waals surface area (Å²) in [5, 5.41) is 8.67. The minimum Gasteiger partial charge on any atom is -0.406 e. The second kappa shape index (κ2) is 12.7. The lowest BCUT2D eigenvalue weighted by atomic mass is 9.98. The minimum atomic E-state index is -4.77. The number of anilines is 1. The summed E-state index contributed by atoms with van der Waals surface area (Å²) in [7, 11) is 0. The Labute approximate surface area is 254 Å². The molecule has 1 aromatic heterocycles. The van der Waals surface area contributed by atoms with Crippen molar-refractivity contribution >= 4 is 40.8 Å². The summed E-state index contributed by atoms with van der Waals surface area (Å²) in [6.45, 7) is 6.07. The number of nitrogens with one attached hydrogen (secondary N) is 1. The van der Waals surface area contributed by atoms with Crippen LogP contribution in [0, 0.1) is 6.92 Å². The molecule has 0 unspecified atom stereocenters. The molecule has 1 fully saturated rings. The summed E-state index contributed by atoms with van der Waals surface area (Å²) in [6.07, 6.45) is -1.91. The fraction of sp³-hybridized carbons (Fsp3) is 0.200. The average Bonchev–Trinajstić information content (AvgIpc) is 3.60. The lowest BCUT2D eigenvalue weighted by molar-refractivity contribution is -0.274. The highest BCUT2D eigenvalue weighted by Crippen LogP contribution is 2.34. The Morgan fingerprint density at radius 2 is 1.89 bits per heavy atom. The van der Waals surface area contributed by atoms with Crippen molar-refractivity contribution in [1.29, 1.82) is 0 Å². The molecule has 0 spiro atoms. The predicted molar refractivity (Wildman–Crippen MR) is 162 cm³/mol. The zero-order valence-corrected chi connectivity index (χ0v) is 24.6. The van der Waals surface area contributed by atoms with Gasteiger partial charge in [-0.05, 0) is 60.4 Å². The molecule has 1 saturated heterocycles. The molecule has 2 heterocycles. The largest absolute Gasteiger partial charge is 0.573 e. The molecule has 10 nitrogen and oxygen atoms in total. The van der Waals surface area contributed by atoms with E-state index in [0.29, 0.717) is 28.3 Å². The number of amidine groups is 1. The number of ether oxygens (including phenoxy) is 1. The Hall–Kier alpha value is -4.98. The van der Waals surface area contributed by atoms with E-state index in [-0.39, 0.29) is 28.5 Å². The molecule has 4 aromatic rings. The fourth-order valence-electron chi connectivity index (χ4n) is 4.37. The van der Waals surface area contributed by atoms with Crippen LogP contribution in [0.1, 0.15) is 36.5 Å². The first kappa shape index (κ1) is 30.5. The average molecular weight is 622 g/mol. The number of hydrogen-bond donors (Lipinski definition) is 1. The van der Waals surface area contributed by atoms with Gasteiger partial charge in [-0.2, -0.15) is 10.1 Å². The molecular formula is C30H26F3N7O3S. The van der Waals surface area contributed by atoms with E-state index in [4.69, 9.17) is 0 Å². The number of alkyl halides is 3. The number of halogens is 3. The van der Waals surface area contributed by atoms with Crippen molar-refractivity contribution in [2.45, 2.75) is 33.1 Å². The first-order valence-corrected chi connectivity index (χ1v) is 14.3. The van der Waals surface area contributed by atoms with E-state index >= 15 is 0 Å². The number of carbonyl (C=O) groups is 2. The van der Waals surface area contributed by atoms with Gasteiger partial charge in [0.15, 0.2) is 11.0 Å². The Morgan fingerprint density at radius 3 is 2.61 bits per heavy atom. The maximum atomic E-state index is 12.7. The summed E-state index contributed by atoms with van der Waals surface area (Å²) in [5.41, 5.74) is 6.90. The lowest BCUT2D eigenvalue weighted by Crippen LogP contribution is -2.31. The van der Waals surface area contributed by atoms with Gasteiger partial charge in [0, 0.05) is 5.56 Å². The van der Waals surface area contributed by atoms with Gasteiger partial charge in [0.25, 0.3) is 0 Å². The number of aromatic nitrogens is 3. The van der Waals surface area contributed by atoms with Gasteiger partial charge in [-0.1, -0.05) is 61.5 Å². The van der Waals surface area contributed by atoms with Crippen molar-refractivity contribution in [3.63, 3.8) is 0 Å². The van der Waals surface area contributed by atoms with Gasteiger partial charge in [-0.25, -0.2) is 19.9 Å². The zero-order valence-electron chi connectivity index (χ0n) is 23.7. The van der Waals surface area contributed by atoms with Crippen molar-refractivity contribution in [2.24, 2.45) is 10.1 Å². The van der Waals surface area contributed by atoms with Gasteiger partial charge >= 0.3 is 12.4 Å². The third-order valence-corrected chi connectivity index (χ3v) is 7.28. The van der Waals surface area contributed by atoms with E-state index in [1.165, 1.54) is 58.2 Å². The number of benzene rings is 3. The Balaban J connectivity index is 1.25. The van der Waals surface area contributed by atoms with Gasteiger partial charge in [0.2, 0.25) is 5.91 Å². The molecule has 0 bridgehead atoms. The van der Waals surface area contributed by atoms with Gasteiger partial charge in [0.1, 0.15) is 12.1 Å². The molecule has 226 valence electrons. The Kier molecular flexibility index (Phi) is 8.81. The molecule has 0 saturated carbocycles. The molecule has 44 heavy (non-hydrogen) atoms. The van der Waals surface area contributed by atoms with Crippen molar-refractivity contribution < 1.29 is 27.5 Å². The van der Waals surface area contributed by atoms with Crippen molar-refractivity contribution in [1.82, 2.24) is 20.2 Å². The van der Waals surface area contributed by atoms with Crippen LogP contribution in [0.25, 0.3) is 17.1 Å². The molecule has 3 amide bonds. The van der Waals surface area contributed by atoms with Gasteiger partial charge in [0.05, 0.1) is 23.3 Å². The number of hydrogen-bond acceptors (Lipinski definition) is 7. The molecule has 3 aromatic carbocycles. The van der Waals surface area contributed by atoms with Crippen molar-refractivity contribution in [3.8, 4) is 22.8 Å². The van der Waals surface area contributed by atoms with Crippen LogP contribution in [0.4, 0.5) is 23.7 Å². The number of rotatable bonds is 7. The van der Waals surface area contributed by atoms with Crippen LogP contribution in [0.5, 0.6) is 5.75 Å². The number of aliphatic imine (C=N–C) groups is 1. The highest BCUT2D eigenvalue weighted by Gasteiger charge is 2.32. The Morgan fingerprint density at radius 1 is 1.11 bits per heavy atom. The van der Waals surface area contributed by atoms with E-state index in [0.717, 1.165) is 11.1 Å². The second-order valence-electron chi connectivity index (χ2n) is 9.98. The van der Waals surface area contributed by atoms with Gasteiger partial charge in [-0.15, -0.1) is 18.3 Å². The molecule has 5 rings (SSSR count). The smallest absolute Gasteiger partial charge is 0.406 e. The van der Waals surface area contributed by atoms with E-state index in [1.54, 1.807) is 24.3 Å². The third kappa shape index (κ3) is 7.32. The van der Waals surface area contributed by atoms with E-state index in [2.05, 4.69) is 30.3 Å². The standard InChI is InChI=1S/C30H26F3N7O3S/c1-18(2)24-13-19(3)7-12-25(24)40-26(41)16-44-29(40)36-28(42)37-35-15-20-5-4-6-21(14-20)27-34-17-39(38-27)22-8-10-23(11-9-22)43-30(31,32)33/h4-15,17-18H,16H2,1-3H3,(H,37,42)/b35-15+,36-29-. The first-order chi connectivity index (χ1) is 21.0. The number of urea groups is 1. The summed E-state index contributed by atoms with van der Waals surface area (Å²) >= 11 is 1.19. The van der Waals surface area contributed by atoms with Crippen LogP contribution in [0.2, 0.25) is 0 Å². The monoisotopic (exact) mass is 621 g/mol. The molecule has 1 N–H and O–H groups in total. The molecule has 1 aliphatic rings. The quantitative estimate of drug-likeness (QED) is 0.188. The van der Waals surface area contributed by atoms with E-state index < -0.39 is 12.4 Å². The van der Waals surface area contributed by atoms with Crippen LogP contribution < -0.4 is 15.1 Å². The summed E-state index contributed by atoms with van der Waals surface area (Å²) in [6, 6.07) is 17.4. The third-order valence-electron chi connectivity index (χ3n) is 6.35. The lowest BCUT2D eigenvalue weighted by Gasteiger charge is -2.22.